The molecule has 128 valence electrons. The van der Waals surface area contributed by atoms with E-state index in [1.165, 1.54) is 29.0 Å². The number of nitrogens with zero attached hydrogens (tertiary/aromatic N) is 3. The molecule has 0 atom stereocenters. The molecule has 25 heavy (non-hydrogen) atoms. The second kappa shape index (κ2) is 5.84. The van der Waals surface area contributed by atoms with Gasteiger partial charge in [-0.05, 0) is 37.0 Å². The summed E-state index contributed by atoms with van der Waals surface area (Å²) in [4.78, 5) is 20.6. The second-order valence-electron chi connectivity index (χ2n) is 6.34. The Morgan fingerprint density at radius 1 is 1.36 bits per heavy atom. The first-order valence-electron chi connectivity index (χ1n) is 8.07. The van der Waals surface area contributed by atoms with E-state index in [4.69, 9.17) is 10.5 Å². The van der Waals surface area contributed by atoms with Gasteiger partial charge < -0.3 is 15.0 Å². The molecule has 0 bridgehead atoms. The third-order valence-electron chi connectivity index (χ3n) is 4.35. The zero-order valence-corrected chi connectivity index (χ0v) is 13.7. The third-order valence-corrected chi connectivity index (χ3v) is 4.35. The minimum absolute atomic E-state index is 0.0900. The van der Waals surface area contributed by atoms with Crippen molar-refractivity contribution in [3.63, 3.8) is 0 Å². The number of hydrogen-bond donors (Lipinski definition) is 1. The van der Waals surface area contributed by atoms with Crippen LogP contribution in [0.4, 0.5) is 10.3 Å². The minimum atomic E-state index is -0.426. The van der Waals surface area contributed by atoms with Crippen molar-refractivity contribution in [2.75, 3.05) is 12.3 Å². The molecule has 4 rings (SSSR count). The van der Waals surface area contributed by atoms with E-state index in [2.05, 4.69) is 9.97 Å². The highest BCUT2D eigenvalue weighted by molar-refractivity contribution is 5.96. The van der Waals surface area contributed by atoms with E-state index in [1.807, 2.05) is 0 Å². The van der Waals surface area contributed by atoms with Crippen LogP contribution in [-0.2, 0) is 7.05 Å². The van der Waals surface area contributed by atoms with Crippen LogP contribution >= 0.6 is 0 Å². The standard InChI is InChI=1S/C18H17FN4O2/c1-23-8-14(13-6-11(19)4-5-12(13)17(23)24)16-15(7-21-18(20)22-16)25-9-10-2-3-10/h4-8,10H,2-3,9H2,1H3,(H2,20,21,22). The summed E-state index contributed by atoms with van der Waals surface area (Å²) in [5.41, 5.74) is 6.59. The summed E-state index contributed by atoms with van der Waals surface area (Å²) >= 11 is 0. The average Bonchev–Trinajstić information content (AvgIpc) is 3.41. The van der Waals surface area contributed by atoms with Crippen molar-refractivity contribution in [1.29, 1.82) is 0 Å². The Balaban J connectivity index is 1.94. The Morgan fingerprint density at radius 3 is 2.92 bits per heavy atom. The van der Waals surface area contributed by atoms with Crippen LogP contribution in [0, 0.1) is 11.7 Å². The highest BCUT2D eigenvalue weighted by atomic mass is 19.1. The Hall–Kier alpha value is -2.96. The SMILES string of the molecule is Cn1cc(-c2nc(N)ncc2OCC2CC2)c2cc(F)ccc2c1=O. The maximum atomic E-state index is 13.8. The van der Waals surface area contributed by atoms with Gasteiger partial charge in [-0.1, -0.05) is 0 Å². The lowest BCUT2D eigenvalue weighted by atomic mass is 10.0. The predicted octanol–water partition coefficient (Wildman–Crippen LogP) is 2.51. The van der Waals surface area contributed by atoms with Crippen LogP contribution in [-0.4, -0.2) is 21.1 Å². The number of aryl methyl sites for hydroxylation is 1. The van der Waals surface area contributed by atoms with Crippen LogP contribution in [0.25, 0.3) is 22.0 Å². The van der Waals surface area contributed by atoms with Crippen molar-refractivity contribution in [2.24, 2.45) is 13.0 Å². The number of ether oxygens (including phenoxy) is 1. The summed E-state index contributed by atoms with van der Waals surface area (Å²) in [6, 6.07) is 4.08. The van der Waals surface area contributed by atoms with Gasteiger partial charge in [-0.2, -0.15) is 0 Å². The molecule has 2 heterocycles. The monoisotopic (exact) mass is 340 g/mol. The summed E-state index contributed by atoms with van der Waals surface area (Å²) in [7, 11) is 1.64. The maximum Gasteiger partial charge on any atom is 0.258 e. The van der Waals surface area contributed by atoms with Crippen LogP contribution in [0.3, 0.4) is 0 Å². The molecule has 1 aromatic carbocycles. The first kappa shape index (κ1) is 15.6. The van der Waals surface area contributed by atoms with Crippen LogP contribution < -0.4 is 16.0 Å². The Kier molecular flexibility index (Phi) is 3.63. The number of rotatable bonds is 4. The van der Waals surface area contributed by atoms with Gasteiger partial charge in [0.2, 0.25) is 5.95 Å². The summed E-state index contributed by atoms with van der Waals surface area (Å²) in [5.74, 6) is 0.696. The third kappa shape index (κ3) is 2.93. The van der Waals surface area contributed by atoms with Gasteiger partial charge in [-0.15, -0.1) is 0 Å². The molecule has 0 spiro atoms. The molecule has 1 fully saturated rings. The largest absolute Gasteiger partial charge is 0.489 e. The molecule has 6 nitrogen and oxygen atoms in total. The van der Waals surface area contributed by atoms with Crippen molar-refractivity contribution in [1.82, 2.24) is 14.5 Å². The van der Waals surface area contributed by atoms with Gasteiger partial charge in [0.25, 0.3) is 5.56 Å². The number of fused-ring (bicyclic) bond motifs is 1. The lowest BCUT2D eigenvalue weighted by molar-refractivity contribution is 0.299. The number of aromatic nitrogens is 3. The lowest BCUT2D eigenvalue weighted by Gasteiger charge is -2.14. The fourth-order valence-electron chi connectivity index (χ4n) is 2.80. The fourth-order valence-corrected chi connectivity index (χ4v) is 2.80. The number of benzene rings is 1. The van der Waals surface area contributed by atoms with Gasteiger partial charge in [0.1, 0.15) is 11.5 Å². The van der Waals surface area contributed by atoms with Gasteiger partial charge in [-0.3, -0.25) is 4.79 Å². The number of anilines is 1. The van der Waals surface area contributed by atoms with Gasteiger partial charge in [0, 0.05) is 29.6 Å². The molecule has 1 aliphatic carbocycles. The molecule has 2 aromatic heterocycles. The number of pyridine rings is 1. The Bertz CT molecular complexity index is 1030. The number of nitrogen functional groups attached to an aromatic ring is 1. The quantitative estimate of drug-likeness (QED) is 0.789. The smallest absolute Gasteiger partial charge is 0.258 e. The molecule has 7 heteroatoms. The molecular weight excluding hydrogens is 323 g/mol. The van der Waals surface area contributed by atoms with Crippen LogP contribution in [0.5, 0.6) is 5.75 Å². The van der Waals surface area contributed by atoms with Crippen LogP contribution in [0.1, 0.15) is 12.8 Å². The molecule has 0 amide bonds. The van der Waals surface area contributed by atoms with E-state index in [9.17, 15) is 9.18 Å². The first-order chi connectivity index (χ1) is 12.0. The summed E-state index contributed by atoms with van der Waals surface area (Å²) in [6.07, 6.45) is 5.45. The number of nitrogens with two attached hydrogens (primary N) is 1. The van der Waals surface area contributed by atoms with E-state index >= 15 is 0 Å². The summed E-state index contributed by atoms with van der Waals surface area (Å²) in [5, 5.41) is 0.879. The van der Waals surface area contributed by atoms with Gasteiger partial charge in [0.05, 0.1) is 12.8 Å². The second-order valence-corrected chi connectivity index (χ2v) is 6.34. The number of hydrogen-bond acceptors (Lipinski definition) is 5. The van der Waals surface area contributed by atoms with Crippen LogP contribution in [0.15, 0.2) is 35.4 Å². The maximum absolute atomic E-state index is 13.8. The normalized spacial score (nSPS) is 14.0. The molecule has 0 aliphatic heterocycles. The zero-order chi connectivity index (χ0) is 17.6. The average molecular weight is 340 g/mol. The lowest BCUT2D eigenvalue weighted by Crippen LogP contribution is -2.17. The topological polar surface area (TPSA) is 83.0 Å². The van der Waals surface area contributed by atoms with Crippen molar-refractivity contribution in [3.8, 4) is 17.0 Å². The molecule has 0 unspecified atom stereocenters. The zero-order valence-electron chi connectivity index (χ0n) is 13.7. The van der Waals surface area contributed by atoms with Crippen molar-refractivity contribution in [2.45, 2.75) is 12.8 Å². The van der Waals surface area contributed by atoms with E-state index in [0.29, 0.717) is 40.3 Å². The fraction of sp³-hybridized carbons (Fsp3) is 0.278. The highest BCUT2D eigenvalue weighted by Crippen LogP contribution is 2.35. The van der Waals surface area contributed by atoms with E-state index < -0.39 is 5.82 Å². The number of halogens is 1. The van der Waals surface area contributed by atoms with Crippen LogP contribution in [0.2, 0.25) is 0 Å². The van der Waals surface area contributed by atoms with Crippen molar-refractivity contribution >= 4 is 16.7 Å². The molecule has 1 saturated carbocycles. The minimum Gasteiger partial charge on any atom is -0.489 e. The Morgan fingerprint density at radius 2 is 2.16 bits per heavy atom. The molecule has 1 aliphatic rings. The van der Waals surface area contributed by atoms with Gasteiger partial charge in [-0.25, -0.2) is 14.4 Å². The van der Waals surface area contributed by atoms with Crippen molar-refractivity contribution in [3.05, 3.63) is 46.8 Å². The van der Waals surface area contributed by atoms with Gasteiger partial charge >= 0.3 is 0 Å². The van der Waals surface area contributed by atoms with E-state index in [1.54, 1.807) is 13.2 Å². The van der Waals surface area contributed by atoms with Gasteiger partial charge in [0.15, 0.2) is 5.75 Å². The van der Waals surface area contributed by atoms with E-state index in [0.717, 1.165) is 12.8 Å². The molecule has 0 saturated heterocycles. The summed E-state index contributed by atoms with van der Waals surface area (Å²) in [6.45, 7) is 0.582. The molecule has 3 aromatic rings. The predicted molar refractivity (Wildman–Crippen MR) is 92.8 cm³/mol. The molecule has 2 N–H and O–H groups in total. The molecular formula is C18H17FN4O2. The first-order valence-corrected chi connectivity index (χ1v) is 8.07. The van der Waals surface area contributed by atoms with Crippen molar-refractivity contribution < 1.29 is 9.13 Å². The highest BCUT2D eigenvalue weighted by Gasteiger charge is 2.23. The Labute approximate surface area is 143 Å². The summed E-state index contributed by atoms with van der Waals surface area (Å²) < 4.78 is 21.1. The molecule has 0 radical (unpaired) electrons. The van der Waals surface area contributed by atoms with E-state index in [-0.39, 0.29) is 11.5 Å².